The number of carbonyl (C=O) groups is 2. The summed E-state index contributed by atoms with van der Waals surface area (Å²) in [5.74, 6) is 0.0784. The van der Waals surface area contributed by atoms with Crippen LogP contribution in [-0.2, 0) is 20.9 Å². The molecule has 0 aromatic heterocycles. The molecule has 2 aromatic carbocycles. The minimum Gasteiger partial charge on any atom is -0.491 e. The third-order valence-corrected chi connectivity index (χ3v) is 4.34. The van der Waals surface area contributed by atoms with Crippen LogP contribution in [0.15, 0.2) is 54.6 Å². The van der Waals surface area contributed by atoms with Gasteiger partial charge in [0.05, 0.1) is 18.9 Å². The standard InChI is InChI=1S/C22H27NO5/c1-5-16(2)28-20-13-9-12-19(14-20)23(17(3)21(24)26-4)22(25)27-15-18-10-7-6-8-11-18/h6-14,16-17H,5,15H2,1-4H3/t16?,17-/m0/s1. The fraction of sp³-hybridized carbons (Fsp3) is 0.364. The Kier molecular flexibility index (Phi) is 7.87. The molecule has 0 saturated carbocycles. The zero-order chi connectivity index (χ0) is 20.5. The van der Waals surface area contributed by atoms with E-state index in [1.807, 2.05) is 50.2 Å². The number of hydrogen-bond acceptors (Lipinski definition) is 5. The molecule has 6 nitrogen and oxygen atoms in total. The van der Waals surface area contributed by atoms with E-state index in [1.165, 1.54) is 12.0 Å². The largest absolute Gasteiger partial charge is 0.491 e. The summed E-state index contributed by atoms with van der Waals surface area (Å²) in [6.45, 7) is 5.70. The van der Waals surface area contributed by atoms with E-state index in [1.54, 1.807) is 25.1 Å². The number of esters is 1. The van der Waals surface area contributed by atoms with E-state index in [-0.39, 0.29) is 12.7 Å². The molecule has 0 heterocycles. The van der Waals surface area contributed by atoms with Crippen molar-refractivity contribution in [1.29, 1.82) is 0 Å². The molecule has 0 aliphatic heterocycles. The van der Waals surface area contributed by atoms with Crippen LogP contribution in [0.25, 0.3) is 0 Å². The summed E-state index contributed by atoms with van der Waals surface area (Å²) in [6, 6.07) is 15.5. The molecule has 0 aliphatic carbocycles. The fourth-order valence-corrected chi connectivity index (χ4v) is 2.57. The van der Waals surface area contributed by atoms with Gasteiger partial charge in [0.2, 0.25) is 0 Å². The summed E-state index contributed by atoms with van der Waals surface area (Å²) in [4.78, 5) is 26.2. The second-order valence-electron chi connectivity index (χ2n) is 6.44. The molecule has 0 spiro atoms. The van der Waals surface area contributed by atoms with Crippen LogP contribution in [0.4, 0.5) is 10.5 Å². The Hall–Kier alpha value is -3.02. The van der Waals surface area contributed by atoms with E-state index in [0.717, 1.165) is 12.0 Å². The van der Waals surface area contributed by atoms with Crippen LogP contribution in [-0.4, -0.2) is 31.3 Å². The number of rotatable bonds is 8. The lowest BCUT2D eigenvalue weighted by Gasteiger charge is -2.27. The highest BCUT2D eigenvalue weighted by molar-refractivity contribution is 5.95. The normalized spacial score (nSPS) is 12.6. The minimum atomic E-state index is -0.855. The first-order valence-electron chi connectivity index (χ1n) is 9.30. The first-order chi connectivity index (χ1) is 13.5. The van der Waals surface area contributed by atoms with Gasteiger partial charge in [-0.25, -0.2) is 9.59 Å². The SMILES string of the molecule is CCC(C)Oc1cccc(N(C(=O)OCc2ccccc2)[C@@H](C)C(=O)OC)c1. The van der Waals surface area contributed by atoms with E-state index >= 15 is 0 Å². The summed E-state index contributed by atoms with van der Waals surface area (Å²) in [5, 5.41) is 0. The number of benzene rings is 2. The van der Waals surface area contributed by atoms with E-state index in [0.29, 0.717) is 11.4 Å². The Balaban J connectivity index is 2.25. The maximum atomic E-state index is 12.8. The van der Waals surface area contributed by atoms with Crippen molar-refractivity contribution in [2.45, 2.75) is 45.9 Å². The summed E-state index contributed by atoms with van der Waals surface area (Å²) >= 11 is 0. The van der Waals surface area contributed by atoms with Crippen molar-refractivity contribution in [2.24, 2.45) is 0 Å². The second kappa shape index (κ2) is 10.3. The lowest BCUT2D eigenvalue weighted by atomic mass is 10.2. The van der Waals surface area contributed by atoms with Crippen molar-refractivity contribution in [3.05, 3.63) is 60.2 Å². The average Bonchev–Trinajstić information content (AvgIpc) is 2.72. The number of hydrogen-bond donors (Lipinski definition) is 0. The van der Waals surface area contributed by atoms with Crippen molar-refractivity contribution in [1.82, 2.24) is 0 Å². The molecule has 6 heteroatoms. The van der Waals surface area contributed by atoms with Gasteiger partial charge in [-0.2, -0.15) is 0 Å². The Morgan fingerprint density at radius 1 is 1.04 bits per heavy atom. The molecule has 0 bridgehead atoms. The zero-order valence-electron chi connectivity index (χ0n) is 16.8. The van der Waals surface area contributed by atoms with Crippen LogP contribution in [0.3, 0.4) is 0 Å². The molecule has 2 aromatic rings. The van der Waals surface area contributed by atoms with E-state index in [9.17, 15) is 9.59 Å². The summed E-state index contributed by atoms with van der Waals surface area (Å²) in [5.41, 5.74) is 1.35. The van der Waals surface area contributed by atoms with E-state index in [2.05, 4.69) is 0 Å². The molecule has 0 saturated heterocycles. The average molecular weight is 385 g/mol. The second-order valence-corrected chi connectivity index (χ2v) is 6.44. The van der Waals surface area contributed by atoms with Gasteiger partial charge in [-0.05, 0) is 38.0 Å². The maximum Gasteiger partial charge on any atom is 0.415 e. The predicted octanol–water partition coefficient (Wildman–Crippen LogP) is 4.57. The Bertz CT molecular complexity index is 778. The van der Waals surface area contributed by atoms with Crippen LogP contribution in [0.5, 0.6) is 5.75 Å². The van der Waals surface area contributed by atoms with Gasteiger partial charge in [0.15, 0.2) is 0 Å². The van der Waals surface area contributed by atoms with Gasteiger partial charge in [-0.3, -0.25) is 4.90 Å². The molecule has 0 N–H and O–H groups in total. The zero-order valence-corrected chi connectivity index (χ0v) is 16.8. The van der Waals surface area contributed by atoms with Crippen LogP contribution >= 0.6 is 0 Å². The molecular formula is C22H27NO5. The topological polar surface area (TPSA) is 65.1 Å². The van der Waals surface area contributed by atoms with Gasteiger partial charge in [-0.1, -0.05) is 43.3 Å². The minimum absolute atomic E-state index is 0.0340. The highest BCUT2D eigenvalue weighted by Gasteiger charge is 2.30. The third kappa shape index (κ3) is 5.74. The molecule has 1 amide bonds. The van der Waals surface area contributed by atoms with Crippen LogP contribution in [0.1, 0.15) is 32.8 Å². The molecule has 0 radical (unpaired) electrons. The Morgan fingerprint density at radius 3 is 2.39 bits per heavy atom. The Labute approximate surface area is 166 Å². The van der Waals surface area contributed by atoms with Gasteiger partial charge in [0.1, 0.15) is 18.4 Å². The fourth-order valence-electron chi connectivity index (χ4n) is 2.57. The quantitative estimate of drug-likeness (QED) is 0.623. The van der Waals surface area contributed by atoms with Gasteiger partial charge in [-0.15, -0.1) is 0 Å². The summed E-state index contributed by atoms with van der Waals surface area (Å²) in [6.07, 6.45) is 0.250. The van der Waals surface area contributed by atoms with Crippen molar-refractivity contribution >= 4 is 17.7 Å². The number of nitrogens with zero attached hydrogens (tertiary/aromatic N) is 1. The van der Waals surface area contributed by atoms with Gasteiger partial charge >= 0.3 is 12.1 Å². The number of anilines is 1. The van der Waals surface area contributed by atoms with Crippen LogP contribution < -0.4 is 9.64 Å². The third-order valence-electron chi connectivity index (χ3n) is 4.34. The first-order valence-corrected chi connectivity index (χ1v) is 9.30. The molecule has 28 heavy (non-hydrogen) atoms. The molecule has 2 rings (SSSR count). The first kappa shape index (κ1) is 21.3. The molecular weight excluding hydrogens is 358 g/mol. The highest BCUT2D eigenvalue weighted by atomic mass is 16.6. The van der Waals surface area contributed by atoms with Gasteiger partial charge < -0.3 is 14.2 Å². The molecule has 2 atom stereocenters. The highest BCUT2D eigenvalue weighted by Crippen LogP contribution is 2.25. The van der Waals surface area contributed by atoms with Crippen molar-refractivity contribution in [3.63, 3.8) is 0 Å². The molecule has 0 aliphatic rings. The number of ether oxygens (including phenoxy) is 3. The Morgan fingerprint density at radius 2 is 1.75 bits per heavy atom. The summed E-state index contributed by atoms with van der Waals surface area (Å²) < 4.78 is 16.1. The maximum absolute atomic E-state index is 12.8. The number of methoxy groups -OCH3 is 1. The molecule has 0 fully saturated rings. The van der Waals surface area contributed by atoms with E-state index in [4.69, 9.17) is 14.2 Å². The van der Waals surface area contributed by atoms with E-state index < -0.39 is 18.1 Å². The van der Waals surface area contributed by atoms with Crippen LogP contribution in [0.2, 0.25) is 0 Å². The van der Waals surface area contributed by atoms with Crippen LogP contribution in [0, 0.1) is 0 Å². The van der Waals surface area contributed by atoms with Gasteiger partial charge in [0.25, 0.3) is 0 Å². The predicted molar refractivity (Wildman–Crippen MR) is 107 cm³/mol. The lowest BCUT2D eigenvalue weighted by Crippen LogP contribution is -2.44. The smallest absolute Gasteiger partial charge is 0.415 e. The van der Waals surface area contributed by atoms with Crippen molar-refractivity contribution < 1.29 is 23.8 Å². The van der Waals surface area contributed by atoms with Crippen molar-refractivity contribution in [2.75, 3.05) is 12.0 Å². The lowest BCUT2D eigenvalue weighted by molar-refractivity contribution is -0.141. The number of amides is 1. The van der Waals surface area contributed by atoms with Crippen molar-refractivity contribution in [3.8, 4) is 5.75 Å². The summed E-state index contributed by atoms with van der Waals surface area (Å²) in [7, 11) is 1.29. The monoisotopic (exact) mass is 385 g/mol. The molecule has 150 valence electrons. The van der Waals surface area contributed by atoms with Gasteiger partial charge in [0, 0.05) is 6.07 Å². The molecule has 1 unspecified atom stereocenters. The number of carbonyl (C=O) groups excluding carboxylic acids is 2.